The van der Waals surface area contributed by atoms with E-state index in [9.17, 15) is 14.7 Å². The lowest BCUT2D eigenvalue weighted by molar-refractivity contribution is -0.225. The van der Waals surface area contributed by atoms with Crippen molar-refractivity contribution in [1.29, 1.82) is 0 Å². The largest absolute Gasteiger partial charge is 0.458 e. The second kappa shape index (κ2) is 16.9. The van der Waals surface area contributed by atoms with Gasteiger partial charge < -0.3 is 34.3 Å². The van der Waals surface area contributed by atoms with E-state index in [-0.39, 0.29) is 43.5 Å². The van der Waals surface area contributed by atoms with Crippen LogP contribution in [-0.4, -0.2) is 107 Å². The molecule has 0 radical (unpaired) electrons. The van der Waals surface area contributed by atoms with Gasteiger partial charge in [-0.25, -0.2) is 0 Å². The van der Waals surface area contributed by atoms with Crippen LogP contribution in [0.5, 0.6) is 0 Å². The summed E-state index contributed by atoms with van der Waals surface area (Å²) in [4.78, 5) is 52.2. The maximum atomic E-state index is 15.5. The van der Waals surface area contributed by atoms with Crippen molar-refractivity contribution in [2.75, 3.05) is 19.7 Å². The van der Waals surface area contributed by atoms with Crippen LogP contribution >= 0.6 is 0 Å². The molecule has 12 nitrogen and oxygen atoms in total. The molecule has 5 heterocycles. The smallest absolute Gasteiger partial charge is 0.327 e. The average molecular weight is 846 g/mol. The monoisotopic (exact) mass is 846 g/mol. The van der Waals surface area contributed by atoms with Crippen LogP contribution in [0, 0.1) is 22.7 Å². The van der Waals surface area contributed by atoms with E-state index in [1.54, 1.807) is 9.96 Å². The number of nitrogens with one attached hydrogen (secondary N) is 1. The summed E-state index contributed by atoms with van der Waals surface area (Å²) in [6, 6.07) is 6.75. The molecule has 9 rings (SSSR count). The Kier molecular flexibility index (Phi) is 12.0. The zero-order valence-corrected chi connectivity index (χ0v) is 37.3. The lowest BCUT2D eigenvalue weighted by Gasteiger charge is -2.53. The molecule has 61 heavy (non-hydrogen) atoms. The van der Waals surface area contributed by atoms with Gasteiger partial charge in [-0.05, 0) is 93.1 Å². The highest BCUT2D eigenvalue weighted by atomic mass is 16.8. The quantitative estimate of drug-likeness (QED) is 0.108. The van der Waals surface area contributed by atoms with E-state index in [0.29, 0.717) is 55.6 Å². The molecule has 3 aliphatic carbocycles. The maximum Gasteiger partial charge on any atom is 0.327 e. The summed E-state index contributed by atoms with van der Waals surface area (Å²) in [7, 11) is 0. The van der Waals surface area contributed by atoms with E-state index < -0.39 is 53.7 Å². The normalized spacial score (nSPS) is 38.7. The van der Waals surface area contributed by atoms with Crippen LogP contribution in [0.1, 0.15) is 148 Å². The number of aliphatic hydroxyl groups is 1. The fourth-order valence-corrected chi connectivity index (χ4v) is 12.9. The Hall–Kier alpha value is -2.87. The summed E-state index contributed by atoms with van der Waals surface area (Å²) in [6.07, 6.45) is 14.5. The number of allylic oxidation sites excluding steroid dienone is 1. The fourth-order valence-electron chi connectivity index (χ4n) is 12.9. The number of unbranched alkanes of at least 4 members (excludes halogenated alkanes) is 4. The van der Waals surface area contributed by atoms with Gasteiger partial charge in [-0.2, -0.15) is 5.06 Å². The molecule has 3 saturated carbocycles. The summed E-state index contributed by atoms with van der Waals surface area (Å²) >= 11 is 0. The van der Waals surface area contributed by atoms with Gasteiger partial charge in [0.1, 0.15) is 35.9 Å². The second-order valence-electron chi connectivity index (χ2n) is 20.8. The van der Waals surface area contributed by atoms with Crippen molar-refractivity contribution in [2.24, 2.45) is 22.7 Å². The third-order valence-electron chi connectivity index (χ3n) is 16.2. The topological polar surface area (TPSA) is 139 Å². The number of likely N-dealkylation sites (tertiary alicyclic amines) is 1. The lowest BCUT2D eigenvalue weighted by Crippen LogP contribution is -2.70. The molecule has 8 fully saturated rings. The summed E-state index contributed by atoms with van der Waals surface area (Å²) < 4.78 is 26.7. The third-order valence-corrected chi connectivity index (χ3v) is 16.2. The number of carbonyl (C=O) groups is 3. The van der Waals surface area contributed by atoms with Gasteiger partial charge in [-0.3, -0.25) is 19.2 Å². The zero-order chi connectivity index (χ0) is 42.7. The molecule has 2 N–H and O–H groups in total. The van der Waals surface area contributed by atoms with E-state index in [1.807, 2.05) is 0 Å². The second-order valence-corrected chi connectivity index (χ2v) is 20.8. The Morgan fingerprint density at radius 3 is 2.48 bits per heavy atom. The highest BCUT2D eigenvalue weighted by Gasteiger charge is 2.77. The number of rotatable bonds is 15. The zero-order valence-electron chi connectivity index (χ0n) is 37.3. The number of amides is 2. The molecule has 11 atom stereocenters. The van der Waals surface area contributed by atoms with Crippen LogP contribution in [-0.2, 0) is 44.7 Å². The van der Waals surface area contributed by atoms with Crippen molar-refractivity contribution in [3.8, 4) is 0 Å². The minimum Gasteiger partial charge on any atom is -0.458 e. The highest BCUT2D eigenvalue weighted by molar-refractivity contribution is 5.96. The molecule has 1 aromatic rings. The van der Waals surface area contributed by atoms with E-state index in [2.05, 4.69) is 70.3 Å². The minimum atomic E-state index is -1.35. The lowest BCUT2D eigenvalue weighted by atomic mass is 9.52. The van der Waals surface area contributed by atoms with E-state index >= 15 is 4.79 Å². The molecule has 1 unspecified atom stereocenters. The molecule has 0 aromatic heterocycles. The Morgan fingerprint density at radius 2 is 1.74 bits per heavy atom. The van der Waals surface area contributed by atoms with Crippen molar-refractivity contribution in [3.63, 3.8) is 0 Å². The van der Waals surface area contributed by atoms with Crippen LogP contribution in [0.25, 0.3) is 6.08 Å². The predicted molar refractivity (Wildman–Crippen MR) is 228 cm³/mol. The van der Waals surface area contributed by atoms with Gasteiger partial charge in [-0.15, -0.1) is 0 Å². The van der Waals surface area contributed by atoms with Gasteiger partial charge >= 0.3 is 5.97 Å². The number of aliphatic hydroxyl groups excluding tert-OH is 1. The molecular formula is C49H71N3O9. The van der Waals surface area contributed by atoms with Crippen molar-refractivity contribution < 1.29 is 43.3 Å². The molecule has 2 bridgehead atoms. The van der Waals surface area contributed by atoms with E-state index in [4.69, 9.17) is 23.8 Å². The molecule has 1 aromatic carbocycles. The number of hydrogen-bond acceptors (Lipinski definition) is 10. The first kappa shape index (κ1) is 43.4. The van der Waals surface area contributed by atoms with Crippen molar-refractivity contribution >= 4 is 23.9 Å². The van der Waals surface area contributed by atoms with E-state index in [0.717, 1.165) is 68.9 Å². The minimum absolute atomic E-state index is 0.0286. The first-order valence-corrected chi connectivity index (χ1v) is 24.0. The standard InChI is InChI=1S/C49H71N3O9/c1-6-8-10-20-48(21-11-9-7-2)59-39-37-29-49(45(56)51-24-13-16-36(51)43(54)50-23-25-53)41(44(55)57-37)52(61-42(49)40(39)60-48)30-32-15-12-14-31(26-32)27-33-17-18-38-47(5,58-38)22-19-35-34(33)28-46(35,3)4/h12,14-15,26-27,34-42,53H,6-11,13,16-25,28-30H2,1-5H3,(H,50,54)/t34-,35-,36-,37-,38?,39+,40+,41+,42-,47-,49+/m1/s1. The van der Waals surface area contributed by atoms with Gasteiger partial charge in [0.2, 0.25) is 11.8 Å². The summed E-state index contributed by atoms with van der Waals surface area (Å²) in [6.45, 7) is 12.1. The molecule has 336 valence electrons. The van der Waals surface area contributed by atoms with Crippen molar-refractivity contribution in [2.45, 2.75) is 198 Å². The van der Waals surface area contributed by atoms with E-state index in [1.165, 1.54) is 18.4 Å². The number of hydrogen-bond donors (Lipinski definition) is 2. The Balaban J connectivity index is 1.04. The number of benzene rings is 1. The molecule has 0 spiro atoms. The van der Waals surface area contributed by atoms with Crippen LogP contribution in [0.4, 0.5) is 0 Å². The summed E-state index contributed by atoms with van der Waals surface area (Å²) in [5.41, 5.74) is 2.58. The average Bonchev–Trinajstić information content (AvgIpc) is 3.61. The summed E-state index contributed by atoms with van der Waals surface area (Å²) in [5.74, 6) is -0.720. The first-order chi connectivity index (χ1) is 29.3. The molecule has 5 saturated heterocycles. The van der Waals surface area contributed by atoms with Crippen LogP contribution < -0.4 is 5.32 Å². The van der Waals surface area contributed by atoms with Crippen molar-refractivity contribution in [3.05, 3.63) is 41.0 Å². The van der Waals surface area contributed by atoms with Crippen LogP contribution in [0.3, 0.4) is 0 Å². The van der Waals surface area contributed by atoms with Crippen LogP contribution in [0.15, 0.2) is 29.8 Å². The number of esters is 1. The Bertz CT molecular complexity index is 1840. The summed E-state index contributed by atoms with van der Waals surface area (Å²) in [5, 5.41) is 14.0. The van der Waals surface area contributed by atoms with Crippen molar-refractivity contribution in [1.82, 2.24) is 15.3 Å². The number of hydroxylamine groups is 2. The molecule has 2 amide bonds. The third kappa shape index (κ3) is 7.81. The number of epoxide rings is 1. The number of carbonyl (C=O) groups excluding carboxylic acids is 3. The Labute approximate surface area is 362 Å². The highest BCUT2D eigenvalue weighted by Crippen LogP contribution is 2.61. The SMILES string of the molecule is CCCCCC1(CCCCC)O[C@@H]2[C@H](O1)[C@H]1ON(Cc3cccc(C=C4CCC5O[C@]5(C)CC[C@@H]5[C@@H]4CC5(C)C)c3)[C@H]3C(=O)O[C@@H]2C[C@@]13C(=O)N1CCC[C@@H]1C(=O)NCCO. The molecule has 12 heteroatoms. The number of fused-ring (bicyclic) bond motifs is 6. The first-order valence-electron chi connectivity index (χ1n) is 24.0. The van der Waals surface area contributed by atoms with Gasteiger partial charge in [0.05, 0.1) is 24.9 Å². The van der Waals surface area contributed by atoms with Crippen LogP contribution in [0.2, 0.25) is 0 Å². The van der Waals surface area contributed by atoms with Gasteiger partial charge in [-0.1, -0.05) is 89.3 Å². The fraction of sp³-hybridized carbons (Fsp3) is 0.776. The van der Waals surface area contributed by atoms with Gasteiger partial charge in [0, 0.05) is 32.4 Å². The van der Waals surface area contributed by atoms with Gasteiger partial charge in [0.25, 0.3) is 0 Å². The molecule has 5 aliphatic heterocycles. The van der Waals surface area contributed by atoms with Gasteiger partial charge in [0.15, 0.2) is 11.8 Å². The molecular weight excluding hydrogens is 775 g/mol. The Morgan fingerprint density at radius 1 is 0.967 bits per heavy atom. The number of nitrogens with zero attached hydrogens (tertiary/aromatic N) is 2. The predicted octanol–water partition coefficient (Wildman–Crippen LogP) is 7.00. The number of ether oxygens (including phenoxy) is 4. The maximum absolute atomic E-state index is 15.5. The molecule has 8 aliphatic rings.